The topological polar surface area (TPSA) is 69.2 Å². The molecule has 3 heterocycles. The van der Waals surface area contributed by atoms with Crippen LogP contribution < -0.4 is 0 Å². The number of ether oxygens (including phenoxy) is 1. The lowest BCUT2D eigenvalue weighted by Gasteiger charge is -2.32. The van der Waals surface area contributed by atoms with Gasteiger partial charge in [-0.1, -0.05) is 5.16 Å². The van der Waals surface area contributed by atoms with Gasteiger partial charge in [-0.15, -0.1) is 0 Å². The van der Waals surface area contributed by atoms with Gasteiger partial charge in [0.15, 0.2) is 5.82 Å². The summed E-state index contributed by atoms with van der Waals surface area (Å²) in [5, 5.41) is 8.63. The fourth-order valence-electron chi connectivity index (χ4n) is 3.11. The van der Waals surface area contributed by atoms with Gasteiger partial charge in [-0.25, -0.2) is 0 Å². The molecule has 1 aliphatic heterocycles. The zero-order chi connectivity index (χ0) is 15.8. The smallest absolute Gasteiger partial charge is 0.229 e. The third-order valence-electron chi connectivity index (χ3n) is 4.48. The van der Waals surface area contributed by atoms with E-state index in [1.165, 1.54) is 18.5 Å². The molecule has 23 heavy (non-hydrogen) atoms. The van der Waals surface area contributed by atoms with Crippen molar-refractivity contribution < 1.29 is 9.26 Å². The molecule has 0 amide bonds. The molecule has 2 aliphatic rings. The summed E-state index contributed by atoms with van der Waals surface area (Å²) in [7, 11) is 0. The van der Waals surface area contributed by atoms with Gasteiger partial charge in [-0.3, -0.25) is 9.58 Å². The van der Waals surface area contributed by atoms with Crippen LogP contribution in [0, 0.1) is 13.8 Å². The van der Waals surface area contributed by atoms with E-state index >= 15 is 0 Å². The summed E-state index contributed by atoms with van der Waals surface area (Å²) < 4.78 is 13.3. The Labute approximate surface area is 135 Å². The highest BCUT2D eigenvalue weighted by Gasteiger charge is 2.30. The normalized spacial score (nSPS) is 22.6. The molecule has 0 unspecified atom stereocenters. The van der Waals surface area contributed by atoms with Gasteiger partial charge < -0.3 is 9.26 Å². The molecule has 7 nitrogen and oxygen atoms in total. The first-order chi connectivity index (χ1) is 11.2. The van der Waals surface area contributed by atoms with Crippen LogP contribution in [0.4, 0.5) is 0 Å². The van der Waals surface area contributed by atoms with E-state index in [1.807, 2.05) is 11.6 Å². The van der Waals surface area contributed by atoms with Gasteiger partial charge in [-0.2, -0.15) is 10.1 Å². The maximum atomic E-state index is 5.90. The average molecular weight is 317 g/mol. The molecule has 124 valence electrons. The standard InChI is InChI=1S/C16H23N5O2/c1-11-7-12(2)21(18-11)9-14-8-20(5-6-22-14)10-15-17-16(23-19-15)13-3-4-13/h7,13-14H,3-6,8-10H2,1-2H3/t14-/m0/s1. The molecule has 1 aliphatic carbocycles. The lowest BCUT2D eigenvalue weighted by atomic mass is 10.2. The molecular formula is C16H23N5O2. The van der Waals surface area contributed by atoms with Crippen molar-refractivity contribution in [2.75, 3.05) is 19.7 Å². The predicted molar refractivity (Wildman–Crippen MR) is 83.0 cm³/mol. The number of morpholine rings is 1. The van der Waals surface area contributed by atoms with E-state index in [-0.39, 0.29) is 6.10 Å². The molecular weight excluding hydrogens is 294 g/mol. The zero-order valence-electron chi connectivity index (χ0n) is 13.7. The highest BCUT2D eigenvalue weighted by atomic mass is 16.5. The summed E-state index contributed by atoms with van der Waals surface area (Å²) in [6, 6.07) is 2.10. The molecule has 0 aromatic carbocycles. The van der Waals surface area contributed by atoms with Crippen molar-refractivity contribution in [1.29, 1.82) is 0 Å². The Hall–Kier alpha value is -1.73. The van der Waals surface area contributed by atoms with Crippen LogP contribution in [0.2, 0.25) is 0 Å². The average Bonchev–Trinajstić information content (AvgIpc) is 3.19. The highest BCUT2D eigenvalue weighted by molar-refractivity contribution is 5.06. The second-order valence-electron chi connectivity index (χ2n) is 6.66. The Morgan fingerprint density at radius 3 is 2.91 bits per heavy atom. The van der Waals surface area contributed by atoms with Crippen LogP contribution in [0.1, 0.15) is 41.9 Å². The van der Waals surface area contributed by atoms with Crippen molar-refractivity contribution in [1.82, 2.24) is 24.8 Å². The van der Waals surface area contributed by atoms with E-state index < -0.39 is 0 Å². The third kappa shape index (κ3) is 3.45. The fraction of sp³-hybridized carbons (Fsp3) is 0.688. The largest absolute Gasteiger partial charge is 0.374 e. The van der Waals surface area contributed by atoms with Crippen molar-refractivity contribution in [3.63, 3.8) is 0 Å². The van der Waals surface area contributed by atoms with Crippen LogP contribution in [0.3, 0.4) is 0 Å². The van der Waals surface area contributed by atoms with Crippen molar-refractivity contribution in [2.24, 2.45) is 0 Å². The van der Waals surface area contributed by atoms with Crippen molar-refractivity contribution in [3.05, 3.63) is 29.2 Å². The van der Waals surface area contributed by atoms with Gasteiger partial charge in [0.05, 0.1) is 31.5 Å². The second-order valence-corrected chi connectivity index (χ2v) is 6.66. The van der Waals surface area contributed by atoms with Crippen LogP contribution >= 0.6 is 0 Å². The van der Waals surface area contributed by atoms with Crippen LogP contribution in [-0.4, -0.2) is 50.6 Å². The number of hydrogen-bond acceptors (Lipinski definition) is 6. The van der Waals surface area contributed by atoms with E-state index in [2.05, 4.69) is 33.1 Å². The molecule has 1 saturated carbocycles. The Balaban J connectivity index is 1.35. The minimum absolute atomic E-state index is 0.150. The lowest BCUT2D eigenvalue weighted by Crippen LogP contribution is -2.44. The molecule has 4 rings (SSSR count). The quantitative estimate of drug-likeness (QED) is 0.835. The second kappa shape index (κ2) is 6.05. The van der Waals surface area contributed by atoms with Gasteiger partial charge >= 0.3 is 0 Å². The van der Waals surface area contributed by atoms with Crippen molar-refractivity contribution in [3.8, 4) is 0 Å². The molecule has 1 saturated heterocycles. The van der Waals surface area contributed by atoms with Gasteiger partial charge in [0.1, 0.15) is 0 Å². The first-order valence-electron chi connectivity index (χ1n) is 8.35. The van der Waals surface area contributed by atoms with E-state index in [0.29, 0.717) is 5.92 Å². The Bertz CT molecular complexity index is 676. The molecule has 2 aromatic heterocycles. The summed E-state index contributed by atoms with van der Waals surface area (Å²) in [6.07, 6.45) is 2.52. The minimum Gasteiger partial charge on any atom is -0.374 e. The summed E-state index contributed by atoms with van der Waals surface area (Å²) >= 11 is 0. The molecule has 2 fully saturated rings. The molecule has 1 atom stereocenters. The molecule has 0 spiro atoms. The molecule has 0 N–H and O–H groups in total. The van der Waals surface area contributed by atoms with E-state index in [4.69, 9.17) is 9.26 Å². The van der Waals surface area contributed by atoms with E-state index in [9.17, 15) is 0 Å². The fourth-order valence-corrected chi connectivity index (χ4v) is 3.11. The molecule has 2 aromatic rings. The molecule has 7 heteroatoms. The zero-order valence-corrected chi connectivity index (χ0v) is 13.7. The number of aryl methyl sites for hydroxylation is 2. The van der Waals surface area contributed by atoms with Crippen LogP contribution in [0.15, 0.2) is 10.6 Å². The Morgan fingerprint density at radius 1 is 1.30 bits per heavy atom. The molecule has 0 bridgehead atoms. The van der Waals surface area contributed by atoms with Gasteiger partial charge in [0.2, 0.25) is 5.89 Å². The lowest BCUT2D eigenvalue weighted by molar-refractivity contribution is -0.0413. The number of aromatic nitrogens is 4. The monoisotopic (exact) mass is 317 g/mol. The maximum absolute atomic E-state index is 5.90. The SMILES string of the molecule is Cc1cc(C)n(C[C@@H]2CN(Cc3noc(C4CC4)n3)CCO2)n1. The molecule has 0 radical (unpaired) electrons. The van der Waals surface area contributed by atoms with Gasteiger partial charge in [-0.05, 0) is 32.8 Å². The summed E-state index contributed by atoms with van der Waals surface area (Å²) in [4.78, 5) is 6.85. The third-order valence-corrected chi connectivity index (χ3v) is 4.48. The van der Waals surface area contributed by atoms with E-state index in [1.54, 1.807) is 0 Å². The van der Waals surface area contributed by atoms with Gasteiger partial charge in [0, 0.05) is 24.7 Å². The van der Waals surface area contributed by atoms with Crippen molar-refractivity contribution >= 4 is 0 Å². The maximum Gasteiger partial charge on any atom is 0.229 e. The Kier molecular flexibility index (Phi) is 3.90. The van der Waals surface area contributed by atoms with Crippen LogP contribution in [0.25, 0.3) is 0 Å². The van der Waals surface area contributed by atoms with Gasteiger partial charge in [0.25, 0.3) is 0 Å². The number of rotatable bonds is 5. The van der Waals surface area contributed by atoms with Crippen LogP contribution in [-0.2, 0) is 17.8 Å². The first-order valence-corrected chi connectivity index (χ1v) is 8.35. The Morgan fingerprint density at radius 2 is 2.17 bits per heavy atom. The summed E-state index contributed by atoms with van der Waals surface area (Å²) in [6.45, 7) is 8.12. The summed E-state index contributed by atoms with van der Waals surface area (Å²) in [5.41, 5.74) is 2.23. The number of nitrogens with zero attached hydrogens (tertiary/aromatic N) is 5. The number of hydrogen-bond donors (Lipinski definition) is 0. The highest BCUT2D eigenvalue weighted by Crippen LogP contribution is 2.38. The van der Waals surface area contributed by atoms with Crippen LogP contribution in [0.5, 0.6) is 0 Å². The van der Waals surface area contributed by atoms with E-state index in [0.717, 1.165) is 50.2 Å². The first kappa shape index (κ1) is 14.8. The van der Waals surface area contributed by atoms with Crippen molar-refractivity contribution in [2.45, 2.75) is 51.8 Å². The minimum atomic E-state index is 0.150. The summed E-state index contributed by atoms with van der Waals surface area (Å²) in [5.74, 6) is 2.12. The predicted octanol–water partition coefficient (Wildman–Crippen LogP) is 1.66.